The number of carbonyl (C=O) groups is 2. The van der Waals surface area contributed by atoms with E-state index in [4.69, 9.17) is 25.6 Å². The normalized spacial score (nSPS) is 11.8. The number of amides is 1. The quantitative estimate of drug-likeness (QED) is 0.328. The first-order chi connectivity index (χ1) is 16.3. The first-order valence-electron chi connectivity index (χ1n) is 10.3. The molecule has 0 spiro atoms. The maximum absolute atomic E-state index is 14.2. The molecule has 0 saturated heterocycles. The molecular formula is C23H23ClFN3O6. The number of esters is 1. The van der Waals surface area contributed by atoms with Gasteiger partial charge in [-0.2, -0.15) is 0 Å². The van der Waals surface area contributed by atoms with E-state index in [9.17, 15) is 19.1 Å². The van der Waals surface area contributed by atoms with Crippen LogP contribution in [0.3, 0.4) is 0 Å². The predicted molar refractivity (Wildman–Crippen MR) is 120 cm³/mol. The Morgan fingerprint density at radius 2 is 1.97 bits per heavy atom. The topological polar surface area (TPSA) is 114 Å². The van der Waals surface area contributed by atoms with Crippen LogP contribution in [0.4, 0.5) is 4.39 Å². The first-order valence-corrected chi connectivity index (χ1v) is 10.6. The van der Waals surface area contributed by atoms with Crippen LogP contribution in [-0.4, -0.2) is 53.5 Å². The number of aliphatic hydroxyl groups is 1. The zero-order valence-corrected chi connectivity index (χ0v) is 19.2. The molecule has 1 unspecified atom stereocenters. The number of carbonyl (C=O) groups excluding carboxylic acids is 2. The van der Waals surface area contributed by atoms with E-state index in [1.54, 1.807) is 31.2 Å². The molecule has 1 amide bonds. The minimum absolute atomic E-state index is 0.0988. The molecule has 0 aliphatic carbocycles. The van der Waals surface area contributed by atoms with Crippen molar-refractivity contribution in [2.45, 2.75) is 19.6 Å². The Balaban J connectivity index is 1.77. The van der Waals surface area contributed by atoms with Crippen molar-refractivity contribution in [3.63, 3.8) is 0 Å². The highest BCUT2D eigenvalue weighted by molar-refractivity contribution is 6.30. The van der Waals surface area contributed by atoms with E-state index in [0.717, 1.165) is 0 Å². The molecule has 11 heteroatoms. The highest BCUT2D eigenvalue weighted by atomic mass is 35.5. The van der Waals surface area contributed by atoms with Gasteiger partial charge in [0.1, 0.15) is 5.82 Å². The number of hydrogen-bond donors (Lipinski definition) is 2. The molecule has 34 heavy (non-hydrogen) atoms. The molecule has 0 bridgehead atoms. The number of benzene rings is 2. The van der Waals surface area contributed by atoms with Crippen LogP contribution in [0.5, 0.6) is 5.88 Å². The monoisotopic (exact) mass is 491 g/mol. The van der Waals surface area contributed by atoms with Gasteiger partial charge in [-0.15, -0.1) is 0 Å². The minimum atomic E-state index is -1.51. The minimum Gasteiger partial charge on any atom is -0.479 e. The Hall–Kier alpha value is -3.47. The summed E-state index contributed by atoms with van der Waals surface area (Å²) >= 11 is 5.98. The third kappa shape index (κ3) is 6.53. The van der Waals surface area contributed by atoms with Gasteiger partial charge in [0.15, 0.2) is 6.10 Å². The third-order valence-electron chi connectivity index (χ3n) is 4.70. The summed E-state index contributed by atoms with van der Waals surface area (Å²) in [6.45, 7) is 1.56. The number of hydrazine groups is 1. The largest absolute Gasteiger partial charge is 0.479 e. The van der Waals surface area contributed by atoms with Crippen molar-refractivity contribution >= 4 is 23.5 Å². The zero-order chi connectivity index (χ0) is 24.7. The molecule has 0 aliphatic rings. The van der Waals surface area contributed by atoms with Crippen LogP contribution >= 0.6 is 11.6 Å². The fourth-order valence-electron chi connectivity index (χ4n) is 3.06. The van der Waals surface area contributed by atoms with Gasteiger partial charge >= 0.3 is 11.9 Å². The van der Waals surface area contributed by atoms with Crippen LogP contribution < -0.4 is 10.2 Å². The molecule has 180 valence electrons. The summed E-state index contributed by atoms with van der Waals surface area (Å²) in [4.78, 5) is 24.5. The summed E-state index contributed by atoms with van der Waals surface area (Å²) < 4.78 is 28.8. The zero-order valence-electron chi connectivity index (χ0n) is 18.5. The van der Waals surface area contributed by atoms with Gasteiger partial charge in [0, 0.05) is 17.1 Å². The van der Waals surface area contributed by atoms with Crippen molar-refractivity contribution in [3.05, 3.63) is 70.7 Å². The van der Waals surface area contributed by atoms with Crippen molar-refractivity contribution in [2.75, 3.05) is 20.3 Å². The summed E-state index contributed by atoms with van der Waals surface area (Å²) in [6, 6.07) is 12.4. The van der Waals surface area contributed by atoms with Crippen molar-refractivity contribution in [3.8, 4) is 17.0 Å². The number of halogens is 2. The molecule has 2 N–H and O–H groups in total. The smallest absolute Gasteiger partial charge is 0.336 e. The molecule has 1 atom stereocenters. The number of nitrogens with one attached hydrogen (secondary N) is 1. The van der Waals surface area contributed by atoms with Crippen LogP contribution in [0.1, 0.15) is 23.0 Å². The average Bonchev–Trinajstić information content (AvgIpc) is 3.31. The van der Waals surface area contributed by atoms with Crippen LogP contribution in [0.2, 0.25) is 5.02 Å². The maximum Gasteiger partial charge on any atom is 0.336 e. The van der Waals surface area contributed by atoms with E-state index in [1.165, 1.54) is 36.4 Å². The number of aliphatic hydroxyl groups excluding tert-OH is 1. The van der Waals surface area contributed by atoms with Gasteiger partial charge in [-0.25, -0.2) is 14.2 Å². The van der Waals surface area contributed by atoms with Crippen LogP contribution in [0, 0.1) is 5.82 Å². The van der Waals surface area contributed by atoms with Gasteiger partial charge in [-0.3, -0.25) is 10.2 Å². The van der Waals surface area contributed by atoms with Gasteiger partial charge in [0.05, 0.1) is 26.3 Å². The highest BCUT2D eigenvalue weighted by Crippen LogP contribution is 2.26. The van der Waals surface area contributed by atoms with Crippen molar-refractivity contribution in [2.24, 2.45) is 0 Å². The van der Waals surface area contributed by atoms with E-state index in [0.29, 0.717) is 21.7 Å². The maximum atomic E-state index is 14.2. The van der Waals surface area contributed by atoms with Crippen LogP contribution in [0.25, 0.3) is 11.1 Å². The van der Waals surface area contributed by atoms with E-state index in [1.807, 2.05) is 0 Å². The average molecular weight is 492 g/mol. The van der Waals surface area contributed by atoms with Gasteiger partial charge in [0.25, 0.3) is 5.88 Å². The molecule has 0 aliphatic heterocycles. The molecule has 1 heterocycles. The van der Waals surface area contributed by atoms with E-state index in [-0.39, 0.29) is 31.3 Å². The number of ether oxygens (including phenoxy) is 2. The molecular weight excluding hydrogens is 469 g/mol. The lowest BCUT2D eigenvalue weighted by atomic mass is 10.0. The third-order valence-corrected chi connectivity index (χ3v) is 4.93. The lowest BCUT2D eigenvalue weighted by Gasteiger charge is -2.24. The first kappa shape index (κ1) is 25.2. The van der Waals surface area contributed by atoms with Gasteiger partial charge < -0.3 is 19.1 Å². The number of rotatable bonds is 10. The molecule has 0 fully saturated rings. The number of nitrogens with zero attached hydrogens (tertiary/aromatic N) is 2. The molecule has 0 saturated carbocycles. The standard InChI is InChI=1S/C23H23ClFN3O6/c1-3-33-23(31)19(29)13-28(26-22(30)20-11-21(32-2)27-34-20)12-14-4-6-15(7-5-14)17-10-16(24)8-9-18(17)25/h4-11,19,29H,3,12-13H2,1-2H3,(H,26,30). The van der Waals surface area contributed by atoms with E-state index in [2.05, 4.69) is 10.6 Å². The second kappa shape index (κ2) is 11.6. The Kier molecular flexibility index (Phi) is 8.58. The van der Waals surface area contributed by atoms with E-state index >= 15 is 0 Å². The molecule has 9 nitrogen and oxygen atoms in total. The van der Waals surface area contributed by atoms with Crippen molar-refractivity contribution in [1.29, 1.82) is 0 Å². The van der Waals surface area contributed by atoms with Gasteiger partial charge in [-0.05, 0) is 41.4 Å². The summed E-state index contributed by atoms with van der Waals surface area (Å²) in [5, 5.41) is 15.5. The SMILES string of the molecule is CCOC(=O)C(O)CN(Cc1ccc(-c2cc(Cl)ccc2F)cc1)NC(=O)c1cc(OC)no1. The number of methoxy groups -OCH3 is 1. The van der Waals surface area contributed by atoms with E-state index < -0.39 is 23.8 Å². The number of aromatic nitrogens is 1. The molecule has 0 radical (unpaired) electrons. The second-order valence-electron chi connectivity index (χ2n) is 7.14. The van der Waals surface area contributed by atoms with Crippen LogP contribution in [-0.2, 0) is 16.1 Å². The summed E-state index contributed by atoms with van der Waals surface area (Å²) in [6.07, 6.45) is -1.51. The van der Waals surface area contributed by atoms with Gasteiger partial charge in [-0.1, -0.05) is 35.9 Å². The summed E-state index contributed by atoms with van der Waals surface area (Å²) in [5.74, 6) is -1.91. The number of hydrogen-bond acceptors (Lipinski definition) is 8. The molecule has 3 rings (SSSR count). The summed E-state index contributed by atoms with van der Waals surface area (Å²) in [5.41, 5.74) is 4.24. The highest BCUT2D eigenvalue weighted by Gasteiger charge is 2.23. The van der Waals surface area contributed by atoms with Gasteiger partial charge in [0.2, 0.25) is 5.76 Å². The Labute approximate surface area is 200 Å². The summed E-state index contributed by atoms with van der Waals surface area (Å²) in [7, 11) is 1.38. The predicted octanol–water partition coefficient (Wildman–Crippen LogP) is 3.21. The molecule has 1 aromatic heterocycles. The lowest BCUT2D eigenvalue weighted by molar-refractivity contribution is -0.154. The molecule has 2 aromatic carbocycles. The lowest BCUT2D eigenvalue weighted by Crippen LogP contribution is -2.47. The fourth-order valence-corrected chi connectivity index (χ4v) is 3.23. The fraction of sp³-hybridized carbons (Fsp3) is 0.261. The Morgan fingerprint density at radius 1 is 1.24 bits per heavy atom. The Morgan fingerprint density at radius 3 is 2.62 bits per heavy atom. The van der Waals surface area contributed by atoms with Crippen molar-refractivity contribution in [1.82, 2.24) is 15.6 Å². The van der Waals surface area contributed by atoms with Crippen LogP contribution in [0.15, 0.2) is 53.1 Å². The molecule has 3 aromatic rings. The van der Waals surface area contributed by atoms with Crippen molar-refractivity contribution < 1.29 is 33.1 Å². The second-order valence-corrected chi connectivity index (χ2v) is 7.58. The Bertz CT molecular complexity index is 1140.